The number of nitrogens with zero attached hydrogens (tertiary/aromatic N) is 1. The second kappa shape index (κ2) is 13.6. The number of hydrogen-bond acceptors (Lipinski definition) is 5. The maximum absolute atomic E-state index is 13.3. The maximum atomic E-state index is 13.3. The Kier molecular flexibility index (Phi) is 9.98. The van der Waals surface area contributed by atoms with Crippen molar-refractivity contribution in [2.75, 3.05) is 13.2 Å². The van der Waals surface area contributed by atoms with Crippen LogP contribution in [-0.4, -0.2) is 46.1 Å². The zero-order chi connectivity index (χ0) is 28.8. The Labute approximate surface area is 243 Å². The lowest BCUT2D eigenvalue weighted by Crippen LogP contribution is -2.43. The monoisotopic (exact) mass is 580 g/mol. The molecule has 0 radical (unpaired) electrons. The number of aryl methyl sites for hydroxylation is 1. The molecule has 3 N–H and O–H groups in total. The van der Waals surface area contributed by atoms with E-state index in [1.165, 1.54) is 44.1 Å². The zero-order valence-electron chi connectivity index (χ0n) is 23.7. The van der Waals surface area contributed by atoms with Gasteiger partial charge in [0, 0.05) is 24.1 Å². The molecule has 2 aliphatic carbocycles. The summed E-state index contributed by atoms with van der Waals surface area (Å²) in [5.74, 6) is 8.60. The van der Waals surface area contributed by atoms with Gasteiger partial charge in [0.25, 0.3) is 0 Å². The summed E-state index contributed by atoms with van der Waals surface area (Å²) < 4.78 is 15.9. The number of hydrogen-bond donors (Lipinski definition) is 3. The first-order chi connectivity index (χ1) is 19.7. The molecule has 1 amide bonds. The molecule has 0 aromatic heterocycles. The zero-order valence-corrected chi connectivity index (χ0v) is 24.6. The molecule has 2 aromatic rings. The normalized spacial score (nSPS) is 26.3. The van der Waals surface area contributed by atoms with Crippen molar-refractivity contribution in [2.24, 2.45) is 17.8 Å². The molecule has 5 unspecified atom stereocenters. The van der Waals surface area contributed by atoms with Gasteiger partial charge >= 0.3 is 7.82 Å². The van der Waals surface area contributed by atoms with Gasteiger partial charge in [-0.05, 0) is 80.2 Å². The van der Waals surface area contributed by atoms with Crippen molar-refractivity contribution in [1.29, 1.82) is 0 Å². The van der Waals surface area contributed by atoms with E-state index in [0.29, 0.717) is 25.4 Å². The molecule has 2 saturated carbocycles. The fourth-order valence-corrected chi connectivity index (χ4v) is 7.07. The first kappa shape index (κ1) is 30.0. The van der Waals surface area contributed by atoms with Crippen LogP contribution in [0.25, 0.3) is 0 Å². The molecule has 3 fully saturated rings. The van der Waals surface area contributed by atoms with E-state index in [9.17, 15) is 9.36 Å². The SMILES string of the molecule is Cc1ccc(C#Cc2ccc(CN3OC(COP(=O)(O)O)CC3C(=O)NCCC3CCC4CCCCC43)cc2)cc1. The van der Waals surface area contributed by atoms with Crippen molar-refractivity contribution < 1.29 is 28.5 Å². The number of rotatable bonds is 9. The summed E-state index contributed by atoms with van der Waals surface area (Å²) in [5.41, 5.74) is 3.97. The van der Waals surface area contributed by atoms with Gasteiger partial charge in [-0.1, -0.05) is 60.9 Å². The van der Waals surface area contributed by atoms with Gasteiger partial charge in [-0.15, -0.1) is 0 Å². The van der Waals surface area contributed by atoms with Crippen LogP contribution in [0.15, 0.2) is 48.5 Å². The number of phosphoric acid groups is 1. The quantitative estimate of drug-likeness (QED) is 0.280. The Hall–Kier alpha value is -2.50. The minimum absolute atomic E-state index is 0.123. The van der Waals surface area contributed by atoms with E-state index < -0.39 is 20.0 Å². The first-order valence-electron chi connectivity index (χ1n) is 14.8. The summed E-state index contributed by atoms with van der Waals surface area (Å²) in [6.45, 7) is 2.74. The lowest BCUT2D eigenvalue weighted by Gasteiger charge is -2.29. The number of hydroxylamine groups is 2. The Morgan fingerprint density at radius 1 is 1.02 bits per heavy atom. The second-order valence-electron chi connectivity index (χ2n) is 11.8. The number of fused-ring (bicyclic) bond motifs is 1. The standard InChI is InChI=1S/C32H41N2O6P/c1-23-6-8-24(9-7-23)10-11-25-12-14-26(15-13-25)21-34-31(20-29(40-34)22-39-41(36,37)38)32(35)33-19-18-28-17-16-27-4-2-3-5-30(27)28/h6-9,12-15,27-31H,2-5,16-22H2,1H3,(H,33,35)(H2,36,37,38). The smallest absolute Gasteiger partial charge is 0.355 e. The molecular weight excluding hydrogens is 539 g/mol. The molecule has 0 spiro atoms. The molecule has 2 aromatic carbocycles. The lowest BCUT2D eigenvalue weighted by atomic mass is 9.77. The van der Waals surface area contributed by atoms with Crippen molar-refractivity contribution in [1.82, 2.24) is 10.4 Å². The van der Waals surface area contributed by atoms with Crippen LogP contribution in [0.4, 0.5) is 0 Å². The number of carbonyl (C=O) groups is 1. The van der Waals surface area contributed by atoms with E-state index in [0.717, 1.165) is 34.9 Å². The molecule has 220 valence electrons. The molecule has 5 atom stereocenters. The van der Waals surface area contributed by atoms with Crippen LogP contribution >= 0.6 is 7.82 Å². The highest BCUT2D eigenvalue weighted by molar-refractivity contribution is 7.46. The maximum Gasteiger partial charge on any atom is 0.469 e. The van der Waals surface area contributed by atoms with Crippen molar-refractivity contribution in [2.45, 2.75) is 77.0 Å². The number of benzene rings is 2. The minimum Gasteiger partial charge on any atom is -0.355 e. The van der Waals surface area contributed by atoms with Crippen LogP contribution in [-0.2, 0) is 25.3 Å². The highest BCUT2D eigenvalue weighted by Gasteiger charge is 2.40. The summed E-state index contributed by atoms with van der Waals surface area (Å²) in [4.78, 5) is 37.5. The topological polar surface area (TPSA) is 108 Å². The Morgan fingerprint density at radius 2 is 1.71 bits per heavy atom. The molecule has 1 saturated heterocycles. The average molecular weight is 581 g/mol. The molecule has 41 heavy (non-hydrogen) atoms. The Bertz CT molecular complexity index is 1280. The van der Waals surface area contributed by atoms with E-state index in [-0.39, 0.29) is 12.5 Å². The summed E-state index contributed by atoms with van der Waals surface area (Å²) in [6, 6.07) is 15.3. The number of nitrogens with one attached hydrogen (secondary N) is 1. The van der Waals surface area contributed by atoms with E-state index in [1.807, 2.05) is 55.5 Å². The third-order valence-corrected chi connectivity index (χ3v) is 9.33. The summed E-state index contributed by atoms with van der Waals surface area (Å²) in [6.07, 6.45) is 8.62. The average Bonchev–Trinajstić information content (AvgIpc) is 3.56. The van der Waals surface area contributed by atoms with Crippen LogP contribution in [0.3, 0.4) is 0 Å². The lowest BCUT2D eigenvalue weighted by molar-refractivity contribution is -0.180. The van der Waals surface area contributed by atoms with Gasteiger partial charge < -0.3 is 15.1 Å². The molecule has 9 heteroatoms. The van der Waals surface area contributed by atoms with Crippen molar-refractivity contribution in [3.8, 4) is 11.8 Å². The number of carbonyl (C=O) groups excluding carboxylic acids is 1. The molecule has 1 heterocycles. The van der Waals surface area contributed by atoms with Gasteiger partial charge in [-0.25, -0.2) is 4.57 Å². The van der Waals surface area contributed by atoms with Crippen molar-refractivity contribution in [3.05, 3.63) is 70.8 Å². The molecule has 8 nitrogen and oxygen atoms in total. The summed E-state index contributed by atoms with van der Waals surface area (Å²) in [5, 5.41) is 4.74. The predicted octanol–water partition coefficient (Wildman–Crippen LogP) is 5.10. The first-order valence-corrected chi connectivity index (χ1v) is 16.4. The molecule has 3 aliphatic rings. The fraction of sp³-hybridized carbons (Fsp3) is 0.531. The Morgan fingerprint density at radius 3 is 2.41 bits per heavy atom. The highest BCUT2D eigenvalue weighted by atomic mass is 31.2. The van der Waals surface area contributed by atoms with Gasteiger partial charge in [0.15, 0.2) is 0 Å². The van der Waals surface area contributed by atoms with Gasteiger partial charge in [-0.3, -0.25) is 14.2 Å². The van der Waals surface area contributed by atoms with Crippen LogP contribution in [0, 0.1) is 36.5 Å². The van der Waals surface area contributed by atoms with Gasteiger partial charge in [0.1, 0.15) is 12.1 Å². The largest absolute Gasteiger partial charge is 0.469 e. The molecule has 1 aliphatic heterocycles. The van der Waals surface area contributed by atoms with Crippen LogP contribution < -0.4 is 5.32 Å². The van der Waals surface area contributed by atoms with Crippen LogP contribution in [0.5, 0.6) is 0 Å². The third kappa shape index (κ3) is 8.51. The van der Waals surface area contributed by atoms with Crippen LogP contribution in [0.2, 0.25) is 0 Å². The van der Waals surface area contributed by atoms with Gasteiger partial charge in [0.2, 0.25) is 5.91 Å². The second-order valence-corrected chi connectivity index (χ2v) is 13.0. The molecule has 5 rings (SSSR count). The predicted molar refractivity (Wildman–Crippen MR) is 156 cm³/mol. The van der Waals surface area contributed by atoms with E-state index >= 15 is 0 Å². The van der Waals surface area contributed by atoms with Gasteiger partial charge in [-0.2, -0.15) is 5.06 Å². The van der Waals surface area contributed by atoms with E-state index in [2.05, 4.69) is 17.2 Å². The third-order valence-electron chi connectivity index (χ3n) is 8.84. The molecular formula is C32H41N2O6P. The number of amides is 1. The van der Waals surface area contributed by atoms with Gasteiger partial charge in [0.05, 0.1) is 13.2 Å². The van der Waals surface area contributed by atoms with Crippen LogP contribution in [0.1, 0.15) is 73.6 Å². The van der Waals surface area contributed by atoms with E-state index in [1.54, 1.807) is 5.06 Å². The highest BCUT2D eigenvalue weighted by Crippen LogP contribution is 2.47. The van der Waals surface area contributed by atoms with E-state index in [4.69, 9.17) is 19.1 Å². The molecule has 0 bridgehead atoms. The minimum atomic E-state index is -4.64. The van der Waals surface area contributed by atoms with Crippen molar-refractivity contribution in [3.63, 3.8) is 0 Å². The summed E-state index contributed by atoms with van der Waals surface area (Å²) in [7, 11) is -4.64. The fourth-order valence-electron chi connectivity index (χ4n) is 6.71. The van der Waals surface area contributed by atoms with Crippen molar-refractivity contribution >= 4 is 13.7 Å². The number of phosphoric ester groups is 1. The summed E-state index contributed by atoms with van der Waals surface area (Å²) >= 11 is 0. The Balaban J connectivity index is 1.18.